The molecule has 0 unspecified atom stereocenters. The summed E-state index contributed by atoms with van der Waals surface area (Å²) < 4.78 is 1.47. The van der Waals surface area contributed by atoms with Crippen molar-refractivity contribution in [2.45, 2.75) is 18.3 Å². The van der Waals surface area contributed by atoms with E-state index in [1.807, 2.05) is 0 Å². The van der Waals surface area contributed by atoms with Crippen molar-refractivity contribution in [3.8, 4) is 0 Å². The highest BCUT2D eigenvalue weighted by Gasteiger charge is 2.26. The van der Waals surface area contributed by atoms with Crippen molar-refractivity contribution >= 4 is 0 Å². The average Bonchev–Trinajstić information content (AvgIpc) is 2.61. The minimum absolute atomic E-state index is 0.396. The standard InChI is InChI=1S/C8H14N2O4/c1-10-3-5(2-9-10)7(13)8(14)6(12)4-11/h2-3,6-8,11-14H,4H2,1H3/t6-,7-,8+/m1/s1. The van der Waals surface area contributed by atoms with Gasteiger partial charge in [-0.3, -0.25) is 4.68 Å². The van der Waals surface area contributed by atoms with Crippen LogP contribution in [0.5, 0.6) is 0 Å². The van der Waals surface area contributed by atoms with E-state index in [2.05, 4.69) is 5.10 Å². The Morgan fingerprint density at radius 1 is 1.43 bits per heavy atom. The number of hydrogen-bond acceptors (Lipinski definition) is 5. The van der Waals surface area contributed by atoms with Gasteiger partial charge < -0.3 is 20.4 Å². The van der Waals surface area contributed by atoms with Crippen LogP contribution in [0.15, 0.2) is 12.4 Å². The first kappa shape index (κ1) is 11.1. The molecule has 80 valence electrons. The summed E-state index contributed by atoms with van der Waals surface area (Å²) in [5, 5.41) is 40.3. The number of aliphatic hydroxyl groups excluding tert-OH is 4. The fourth-order valence-corrected chi connectivity index (χ4v) is 1.11. The molecule has 4 N–H and O–H groups in total. The smallest absolute Gasteiger partial charge is 0.112 e. The lowest BCUT2D eigenvalue weighted by atomic mass is 10.0. The Morgan fingerprint density at radius 2 is 2.07 bits per heavy atom. The molecule has 0 saturated carbocycles. The van der Waals surface area contributed by atoms with Gasteiger partial charge in [0.2, 0.25) is 0 Å². The van der Waals surface area contributed by atoms with Crippen molar-refractivity contribution in [1.29, 1.82) is 0 Å². The van der Waals surface area contributed by atoms with Crippen LogP contribution in [0, 0.1) is 0 Å². The first-order chi connectivity index (χ1) is 6.56. The summed E-state index contributed by atoms with van der Waals surface area (Å²) in [5.74, 6) is 0. The molecule has 3 atom stereocenters. The summed E-state index contributed by atoms with van der Waals surface area (Å²) in [6.07, 6.45) is -1.10. The largest absolute Gasteiger partial charge is 0.394 e. The van der Waals surface area contributed by atoms with Crippen LogP contribution in [0.25, 0.3) is 0 Å². The second-order valence-corrected chi connectivity index (χ2v) is 3.13. The first-order valence-electron chi connectivity index (χ1n) is 4.20. The summed E-state index contributed by atoms with van der Waals surface area (Å²) in [4.78, 5) is 0. The fraction of sp³-hybridized carbons (Fsp3) is 0.625. The minimum Gasteiger partial charge on any atom is -0.394 e. The van der Waals surface area contributed by atoms with Gasteiger partial charge in [0.05, 0.1) is 12.8 Å². The third-order valence-electron chi connectivity index (χ3n) is 1.97. The lowest BCUT2D eigenvalue weighted by molar-refractivity contribution is -0.0776. The van der Waals surface area contributed by atoms with Crippen LogP contribution >= 0.6 is 0 Å². The monoisotopic (exact) mass is 202 g/mol. The maximum absolute atomic E-state index is 9.53. The van der Waals surface area contributed by atoms with Crippen LogP contribution in [0.1, 0.15) is 11.7 Å². The molecule has 0 fully saturated rings. The minimum atomic E-state index is -1.41. The van der Waals surface area contributed by atoms with Crippen molar-refractivity contribution in [3.05, 3.63) is 18.0 Å². The van der Waals surface area contributed by atoms with Crippen molar-refractivity contribution in [1.82, 2.24) is 9.78 Å². The molecule has 0 spiro atoms. The van der Waals surface area contributed by atoms with Gasteiger partial charge in [-0.05, 0) is 0 Å². The van der Waals surface area contributed by atoms with Crippen molar-refractivity contribution in [2.24, 2.45) is 7.05 Å². The number of aromatic nitrogens is 2. The van der Waals surface area contributed by atoms with E-state index in [9.17, 15) is 10.2 Å². The van der Waals surface area contributed by atoms with E-state index in [1.54, 1.807) is 7.05 Å². The van der Waals surface area contributed by atoms with E-state index >= 15 is 0 Å². The molecule has 1 aromatic heterocycles. The van der Waals surface area contributed by atoms with E-state index in [0.717, 1.165) is 0 Å². The van der Waals surface area contributed by atoms with Crippen LogP contribution < -0.4 is 0 Å². The Bertz CT molecular complexity index is 289. The molecule has 1 aromatic rings. The van der Waals surface area contributed by atoms with Crippen molar-refractivity contribution in [2.75, 3.05) is 6.61 Å². The molecule has 1 heterocycles. The molecule has 0 aromatic carbocycles. The van der Waals surface area contributed by atoms with E-state index in [-0.39, 0.29) is 0 Å². The Labute approximate surface area is 81.0 Å². The van der Waals surface area contributed by atoms with Gasteiger partial charge >= 0.3 is 0 Å². The maximum Gasteiger partial charge on any atom is 0.112 e. The van der Waals surface area contributed by atoms with Crippen molar-refractivity contribution < 1.29 is 20.4 Å². The predicted octanol–water partition coefficient (Wildman–Crippen LogP) is -1.83. The van der Waals surface area contributed by atoms with Gasteiger partial charge in [-0.25, -0.2) is 0 Å². The Kier molecular flexibility index (Phi) is 3.59. The van der Waals surface area contributed by atoms with Crippen LogP contribution in [0.2, 0.25) is 0 Å². The number of hydrogen-bond donors (Lipinski definition) is 4. The molecule has 0 bridgehead atoms. The third kappa shape index (κ3) is 2.30. The van der Waals surface area contributed by atoms with E-state index in [0.29, 0.717) is 5.56 Å². The molecule has 0 aliphatic rings. The molecular formula is C8H14N2O4. The fourth-order valence-electron chi connectivity index (χ4n) is 1.11. The zero-order valence-electron chi connectivity index (χ0n) is 7.78. The topological polar surface area (TPSA) is 98.7 Å². The average molecular weight is 202 g/mol. The van der Waals surface area contributed by atoms with Gasteiger partial charge in [0, 0.05) is 18.8 Å². The molecule has 1 rings (SSSR count). The third-order valence-corrected chi connectivity index (χ3v) is 1.97. The number of aryl methyl sites for hydroxylation is 1. The first-order valence-corrected chi connectivity index (χ1v) is 4.20. The van der Waals surface area contributed by atoms with E-state index in [4.69, 9.17) is 10.2 Å². The van der Waals surface area contributed by atoms with Gasteiger partial charge in [-0.1, -0.05) is 0 Å². The summed E-state index contributed by atoms with van der Waals surface area (Å²) >= 11 is 0. The number of rotatable bonds is 4. The highest BCUT2D eigenvalue weighted by molar-refractivity contribution is 5.10. The molecule has 6 nitrogen and oxygen atoms in total. The van der Waals surface area contributed by atoms with E-state index < -0.39 is 24.9 Å². The second kappa shape index (κ2) is 4.52. The van der Waals surface area contributed by atoms with Crippen LogP contribution in [0.4, 0.5) is 0 Å². The molecule has 0 radical (unpaired) electrons. The second-order valence-electron chi connectivity index (χ2n) is 3.13. The quantitative estimate of drug-likeness (QED) is 0.460. The maximum atomic E-state index is 9.53. The normalized spacial score (nSPS) is 17.8. The lowest BCUT2D eigenvalue weighted by Gasteiger charge is -2.20. The van der Waals surface area contributed by atoms with Gasteiger partial charge in [0.15, 0.2) is 0 Å². The molecule has 0 saturated heterocycles. The zero-order chi connectivity index (χ0) is 10.7. The summed E-state index contributed by atoms with van der Waals surface area (Å²) in [6.45, 7) is -0.599. The highest BCUT2D eigenvalue weighted by atomic mass is 16.4. The summed E-state index contributed by atoms with van der Waals surface area (Å²) in [5.41, 5.74) is 0.396. The van der Waals surface area contributed by atoms with Crippen LogP contribution in [-0.2, 0) is 7.05 Å². The van der Waals surface area contributed by atoms with Crippen LogP contribution in [0.3, 0.4) is 0 Å². The van der Waals surface area contributed by atoms with Crippen molar-refractivity contribution in [3.63, 3.8) is 0 Å². The van der Waals surface area contributed by atoms with Gasteiger partial charge in [-0.2, -0.15) is 5.10 Å². The Morgan fingerprint density at radius 3 is 2.50 bits per heavy atom. The Hall–Kier alpha value is -0.950. The predicted molar refractivity (Wildman–Crippen MR) is 47.3 cm³/mol. The summed E-state index contributed by atoms with van der Waals surface area (Å²) in [6, 6.07) is 0. The Balaban J connectivity index is 2.69. The number of nitrogens with zero attached hydrogens (tertiary/aromatic N) is 2. The lowest BCUT2D eigenvalue weighted by Crippen LogP contribution is -2.34. The highest BCUT2D eigenvalue weighted by Crippen LogP contribution is 2.17. The molecular weight excluding hydrogens is 188 g/mol. The number of aliphatic hydroxyl groups is 4. The zero-order valence-corrected chi connectivity index (χ0v) is 7.78. The van der Waals surface area contributed by atoms with Crippen LogP contribution in [-0.4, -0.2) is 49.0 Å². The molecule has 0 amide bonds. The molecule has 6 heteroatoms. The summed E-state index contributed by atoms with van der Waals surface area (Å²) in [7, 11) is 1.67. The van der Waals surface area contributed by atoms with E-state index in [1.165, 1.54) is 17.1 Å². The van der Waals surface area contributed by atoms with Gasteiger partial charge in [-0.15, -0.1) is 0 Å². The molecule has 0 aliphatic heterocycles. The SMILES string of the molecule is Cn1cc([C@@H](O)[C@@H](O)[C@H](O)CO)cn1. The molecule has 0 aliphatic carbocycles. The molecule has 14 heavy (non-hydrogen) atoms. The van der Waals surface area contributed by atoms with Gasteiger partial charge in [0.1, 0.15) is 18.3 Å². The van der Waals surface area contributed by atoms with Gasteiger partial charge in [0.25, 0.3) is 0 Å².